The van der Waals surface area contributed by atoms with Gasteiger partial charge in [-0.1, -0.05) is 31.0 Å². The molecule has 2 aliphatic carbocycles. The number of nitrogens with zero attached hydrogens (tertiary/aromatic N) is 3. The monoisotopic (exact) mass is 768 g/mol. The van der Waals surface area contributed by atoms with Crippen molar-refractivity contribution in [1.29, 1.82) is 0 Å². The lowest BCUT2D eigenvalue weighted by Gasteiger charge is -2.47. The lowest BCUT2D eigenvalue weighted by atomic mass is 9.65. The quantitative estimate of drug-likeness (QED) is 0.401. The third-order valence-electron chi connectivity index (χ3n) is 13.3. The maximum atomic E-state index is 13.6. The number of aryl methyl sites for hydroxylation is 1. The van der Waals surface area contributed by atoms with Gasteiger partial charge in [0.15, 0.2) is 0 Å². The Bertz CT molecular complexity index is 1770. The molecule has 0 radical (unpaired) electrons. The average molecular weight is 769 g/mol. The molecule has 290 valence electrons. The first kappa shape index (κ1) is 38.4. The van der Waals surface area contributed by atoms with E-state index in [0.29, 0.717) is 49.6 Å². The summed E-state index contributed by atoms with van der Waals surface area (Å²) < 4.78 is 41.5. The van der Waals surface area contributed by atoms with Crippen molar-refractivity contribution >= 4 is 39.1 Å². The number of ether oxygens (including phenoxy) is 2. The van der Waals surface area contributed by atoms with Gasteiger partial charge in [0.25, 0.3) is 5.91 Å². The Morgan fingerprint density at radius 2 is 1.87 bits per heavy atom. The van der Waals surface area contributed by atoms with E-state index < -0.39 is 21.2 Å². The number of benzene rings is 2. The Balaban J connectivity index is 1.22. The van der Waals surface area contributed by atoms with Crippen LogP contribution in [0.5, 0.6) is 5.75 Å². The van der Waals surface area contributed by atoms with Crippen molar-refractivity contribution in [3.05, 3.63) is 58.1 Å². The van der Waals surface area contributed by atoms with Crippen LogP contribution in [-0.2, 0) is 31.4 Å². The van der Waals surface area contributed by atoms with Crippen molar-refractivity contribution in [3.63, 3.8) is 0 Å². The summed E-state index contributed by atoms with van der Waals surface area (Å²) in [5, 5.41) is 0.0195. The zero-order valence-corrected chi connectivity index (χ0v) is 33.2. The third-order valence-corrected chi connectivity index (χ3v) is 15.4. The van der Waals surface area contributed by atoms with E-state index in [-0.39, 0.29) is 17.2 Å². The summed E-state index contributed by atoms with van der Waals surface area (Å²) in [6, 6.07) is 11.6. The van der Waals surface area contributed by atoms with E-state index in [1.54, 1.807) is 20.1 Å². The second-order valence-electron chi connectivity index (χ2n) is 16.6. The molecule has 1 saturated heterocycles. The van der Waals surface area contributed by atoms with Crippen molar-refractivity contribution in [2.24, 2.45) is 23.7 Å². The van der Waals surface area contributed by atoms with E-state index in [1.165, 1.54) is 11.1 Å². The summed E-state index contributed by atoms with van der Waals surface area (Å²) in [7, 11) is -2.24. The molecule has 1 N–H and O–H groups in total. The number of fused-ring (bicyclic) bond motifs is 4. The van der Waals surface area contributed by atoms with Crippen molar-refractivity contribution < 1.29 is 27.5 Å². The average Bonchev–Trinajstić information content (AvgIpc) is 3.38. The van der Waals surface area contributed by atoms with Gasteiger partial charge in [0.05, 0.1) is 30.7 Å². The van der Waals surface area contributed by atoms with E-state index in [9.17, 15) is 18.0 Å². The Morgan fingerprint density at radius 1 is 1.02 bits per heavy atom. The molecule has 3 heterocycles. The molecule has 53 heavy (non-hydrogen) atoms. The van der Waals surface area contributed by atoms with Crippen molar-refractivity contribution in [3.8, 4) is 5.75 Å². The molecule has 3 aliphatic heterocycles. The summed E-state index contributed by atoms with van der Waals surface area (Å²) in [6.07, 6.45) is 8.84. The molecule has 6 atom stereocenters. The topological polar surface area (TPSA) is 108 Å². The van der Waals surface area contributed by atoms with Gasteiger partial charge in [-0.15, -0.1) is 0 Å². The fourth-order valence-corrected chi connectivity index (χ4v) is 11.4. The fourth-order valence-electron chi connectivity index (χ4n) is 9.85. The Labute approximate surface area is 320 Å². The summed E-state index contributed by atoms with van der Waals surface area (Å²) in [5.74, 6) is 1.47. The molecule has 1 saturated carbocycles. The smallest absolute Gasteiger partial charge is 0.264 e. The Morgan fingerprint density at radius 3 is 2.66 bits per heavy atom. The van der Waals surface area contributed by atoms with Crippen LogP contribution in [0.3, 0.4) is 0 Å². The Hall–Kier alpha value is -2.86. The summed E-state index contributed by atoms with van der Waals surface area (Å²) in [6.45, 7) is 9.86. The molecule has 1 spiro atoms. The van der Waals surface area contributed by atoms with Gasteiger partial charge in [0, 0.05) is 62.4 Å². The van der Waals surface area contributed by atoms with Gasteiger partial charge in [-0.3, -0.25) is 14.5 Å². The van der Waals surface area contributed by atoms with Crippen LogP contribution in [0.15, 0.2) is 36.4 Å². The molecule has 0 unspecified atom stereocenters. The molecule has 7 rings (SSSR count). The summed E-state index contributed by atoms with van der Waals surface area (Å²) in [5.41, 5.74) is 3.46. The molecule has 2 bridgehead atoms. The van der Waals surface area contributed by atoms with Crippen LogP contribution in [-0.4, -0.2) is 101 Å². The standard InChI is InChI=1S/C41H57ClN4O6S/c1-28-7-4-8-32(23-44-17-6-18-45(19-20-51-3)39(47)25-44)35-13-10-33(35)24-46-26-41(16-5-9-30-21-34(42)12-14-36(30)41)27-52-38-15-11-31(22-37(38)46)40(48)43-53(49,50)29(28)2/h11-12,14-15,21-22,28-29,32-33,35H,4-10,13,16-20,23-27H2,1-3H3,(H,43,48)/t28-,29+,32+,33-,35-,41-/m0/s1. The highest BCUT2D eigenvalue weighted by atomic mass is 35.5. The zero-order valence-electron chi connectivity index (χ0n) is 31.7. The number of nitrogens with one attached hydrogen (secondary N) is 1. The number of methoxy groups -OCH3 is 1. The number of sulfonamides is 1. The van der Waals surface area contributed by atoms with Gasteiger partial charge in [-0.25, -0.2) is 13.1 Å². The van der Waals surface area contributed by atoms with Gasteiger partial charge in [-0.05, 0) is 123 Å². The van der Waals surface area contributed by atoms with Gasteiger partial charge in [0.1, 0.15) is 5.75 Å². The largest absolute Gasteiger partial charge is 0.490 e. The van der Waals surface area contributed by atoms with Crippen molar-refractivity contribution in [2.45, 2.75) is 82.3 Å². The molecule has 2 aromatic rings. The number of hydrogen-bond donors (Lipinski definition) is 1. The first-order valence-electron chi connectivity index (χ1n) is 19.8. The highest BCUT2D eigenvalue weighted by Crippen LogP contribution is 2.48. The third kappa shape index (κ3) is 8.24. The van der Waals surface area contributed by atoms with E-state index >= 15 is 0 Å². The minimum Gasteiger partial charge on any atom is -0.490 e. The second-order valence-corrected chi connectivity index (χ2v) is 19.1. The van der Waals surface area contributed by atoms with Crippen LogP contribution in [0.1, 0.15) is 86.7 Å². The molecular formula is C41H57ClN4O6S. The van der Waals surface area contributed by atoms with Crippen LogP contribution >= 0.6 is 11.6 Å². The SMILES string of the molecule is COCCN1CCCN(C[C@H]2CCC[C@H](C)[C@@H](C)S(=O)(=O)NC(=O)c3ccc4c(c3)N(C[C@@H]3CC[C@@H]23)C[C@@]2(CCCc3cc(Cl)ccc32)CO4)CC1=O. The predicted molar refractivity (Wildman–Crippen MR) is 208 cm³/mol. The van der Waals surface area contributed by atoms with E-state index in [1.807, 2.05) is 30.0 Å². The van der Waals surface area contributed by atoms with E-state index in [4.69, 9.17) is 21.1 Å². The van der Waals surface area contributed by atoms with Crippen LogP contribution in [0.25, 0.3) is 0 Å². The van der Waals surface area contributed by atoms with Gasteiger partial charge in [-0.2, -0.15) is 0 Å². The zero-order chi connectivity index (χ0) is 37.3. The van der Waals surface area contributed by atoms with E-state index in [0.717, 1.165) is 107 Å². The first-order chi connectivity index (χ1) is 25.5. The molecule has 0 aromatic heterocycles. The van der Waals surface area contributed by atoms with E-state index in [2.05, 4.69) is 26.7 Å². The maximum Gasteiger partial charge on any atom is 0.264 e. The van der Waals surface area contributed by atoms with Gasteiger partial charge < -0.3 is 19.3 Å². The van der Waals surface area contributed by atoms with Gasteiger partial charge in [0.2, 0.25) is 15.9 Å². The van der Waals surface area contributed by atoms with Gasteiger partial charge >= 0.3 is 0 Å². The highest BCUT2D eigenvalue weighted by Gasteiger charge is 2.45. The number of carbonyl (C=O) groups excluding carboxylic acids is 2. The summed E-state index contributed by atoms with van der Waals surface area (Å²) in [4.78, 5) is 33.7. The first-order valence-corrected chi connectivity index (χ1v) is 21.7. The predicted octanol–water partition coefficient (Wildman–Crippen LogP) is 5.90. The van der Waals surface area contributed by atoms with Crippen LogP contribution in [0.2, 0.25) is 5.02 Å². The second kappa shape index (κ2) is 16.1. The molecule has 2 amide bonds. The number of amides is 2. The number of hydrogen-bond acceptors (Lipinski definition) is 8. The van der Waals surface area contributed by atoms with Crippen LogP contribution in [0.4, 0.5) is 5.69 Å². The molecular weight excluding hydrogens is 712 g/mol. The number of carbonyl (C=O) groups is 2. The van der Waals surface area contributed by atoms with Crippen LogP contribution in [0, 0.1) is 23.7 Å². The molecule has 5 aliphatic rings. The lowest BCUT2D eigenvalue weighted by molar-refractivity contribution is -0.132. The molecule has 12 heteroatoms. The van der Waals surface area contributed by atoms with Crippen molar-refractivity contribution in [1.82, 2.24) is 14.5 Å². The van der Waals surface area contributed by atoms with Crippen LogP contribution < -0.4 is 14.4 Å². The van der Waals surface area contributed by atoms with Crippen molar-refractivity contribution in [2.75, 3.05) is 71.0 Å². The maximum absolute atomic E-state index is 13.6. The highest BCUT2D eigenvalue weighted by molar-refractivity contribution is 7.90. The number of rotatable bonds is 5. The summed E-state index contributed by atoms with van der Waals surface area (Å²) >= 11 is 6.49. The molecule has 2 fully saturated rings. The lowest BCUT2D eigenvalue weighted by Crippen LogP contribution is -2.50. The Kier molecular flexibility index (Phi) is 11.7. The number of halogens is 1. The molecule has 2 aromatic carbocycles. The minimum absolute atomic E-state index is 0.125. The number of anilines is 1. The minimum atomic E-state index is -3.92. The fraction of sp³-hybridized carbons (Fsp3) is 0.659. The normalized spacial score (nSPS) is 31.0. The molecule has 10 nitrogen and oxygen atoms in total.